The minimum Gasteiger partial charge on any atom is -0.370 e. The number of fused-ring (bicyclic) bond motifs is 1. The molecule has 0 radical (unpaired) electrons. The molecule has 5 aliphatic rings. The molecule has 0 bridgehead atoms. The number of ketones is 1. The number of nitrogens with two attached hydrogens (primary N) is 1. The largest absolute Gasteiger partial charge is 0.370 e. The second-order valence-electron chi connectivity index (χ2n) is 15.6. The van der Waals surface area contributed by atoms with E-state index in [-0.39, 0.29) is 30.1 Å². The van der Waals surface area contributed by atoms with Crippen molar-refractivity contribution >= 4 is 39.4 Å². The van der Waals surface area contributed by atoms with Crippen molar-refractivity contribution in [1.82, 2.24) is 20.9 Å². The van der Waals surface area contributed by atoms with Crippen LogP contribution in [0.15, 0.2) is 0 Å². The molecule has 5 rings (SSSR count). The van der Waals surface area contributed by atoms with Gasteiger partial charge in [-0.15, -0.1) is 0 Å². The molecule has 2 heterocycles. The Morgan fingerprint density at radius 2 is 1.57 bits per heavy atom. The number of carbonyl (C=O) groups excluding carboxylic acids is 5. The molecule has 2 aliphatic heterocycles. The summed E-state index contributed by atoms with van der Waals surface area (Å²) in [4.78, 5) is 68.5. The van der Waals surface area contributed by atoms with Crippen LogP contribution in [0, 0.1) is 17.8 Å². The fourth-order valence-corrected chi connectivity index (χ4v) is 10.0. The predicted molar refractivity (Wildman–Crippen MR) is 174 cm³/mol. The Kier molecular flexibility index (Phi) is 10.6. The Bertz CT molecular complexity index is 1340. The van der Waals surface area contributed by atoms with Gasteiger partial charge in [-0.1, -0.05) is 51.4 Å². The second kappa shape index (κ2) is 14.0. The molecule has 5 N–H and O–H groups in total. The van der Waals surface area contributed by atoms with Crippen LogP contribution in [0.25, 0.3) is 0 Å². The molecular weight excluding hydrogens is 626 g/mol. The average molecular weight is 680 g/mol. The molecule has 2 saturated heterocycles. The van der Waals surface area contributed by atoms with E-state index in [0.717, 1.165) is 64.2 Å². The van der Waals surface area contributed by atoms with Gasteiger partial charge in [-0.25, -0.2) is 13.2 Å². The summed E-state index contributed by atoms with van der Waals surface area (Å²) in [6, 6.07) is -3.57. The average Bonchev–Trinajstić information content (AvgIpc) is 3.67. The molecule has 1 unspecified atom stereocenters. The van der Waals surface area contributed by atoms with Gasteiger partial charge < -0.3 is 31.3 Å². The van der Waals surface area contributed by atoms with Crippen LogP contribution in [-0.4, -0.2) is 96.8 Å². The summed E-state index contributed by atoms with van der Waals surface area (Å²) in [6.07, 6.45) is 11.3. The molecule has 14 heteroatoms. The van der Waals surface area contributed by atoms with Crippen molar-refractivity contribution in [2.75, 3.05) is 18.6 Å². The normalized spacial score (nSPS) is 28.5. The number of carbonyl (C=O) groups is 5. The van der Waals surface area contributed by atoms with Gasteiger partial charge in [-0.3, -0.25) is 19.2 Å². The predicted octanol–water partition coefficient (Wildman–Crippen LogP) is 1.72. The van der Waals surface area contributed by atoms with E-state index in [1.54, 1.807) is 0 Å². The van der Waals surface area contributed by atoms with Gasteiger partial charge in [-0.2, -0.15) is 0 Å². The summed E-state index contributed by atoms with van der Waals surface area (Å²) >= 11 is 0. The Balaban J connectivity index is 1.40. The summed E-state index contributed by atoms with van der Waals surface area (Å²) in [5.74, 6) is -3.37. The molecule has 13 nitrogen and oxygen atoms in total. The molecule has 47 heavy (non-hydrogen) atoms. The number of urea groups is 1. The molecule has 3 aliphatic carbocycles. The van der Waals surface area contributed by atoms with Crippen LogP contribution in [0.3, 0.4) is 0 Å². The van der Waals surface area contributed by atoms with Gasteiger partial charge in [0.05, 0.1) is 29.0 Å². The summed E-state index contributed by atoms with van der Waals surface area (Å²) in [7, 11) is -3.40. The van der Waals surface area contributed by atoms with E-state index in [1.807, 2.05) is 13.8 Å². The first kappa shape index (κ1) is 35.6. The lowest BCUT2D eigenvalue weighted by Gasteiger charge is -2.39. The van der Waals surface area contributed by atoms with Gasteiger partial charge >= 0.3 is 6.03 Å². The number of ether oxygens (including phenoxy) is 1. The van der Waals surface area contributed by atoms with E-state index in [1.165, 1.54) is 11.2 Å². The number of likely N-dealkylation sites (tertiary alicyclic amines) is 1. The maximum absolute atomic E-state index is 14.6. The molecule has 0 aromatic carbocycles. The van der Waals surface area contributed by atoms with Crippen LogP contribution in [0.2, 0.25) is 0 Å². The van der Waals surface area contributed by atoms with Gasteiger partial charge in [0.1, 0.15) is 21.9 Å². The van der Waals surface area contributed by atoms with Gasteiger partial charge in [0.2, 0.25) is 17.6 Å². The van der Waals surface area contributed by atoms with Crippen molar-refractivity contribution in [2.45, 2.75) is 139 Å². The van der Waals surface area contributed by atoms with Gasteiger partial charge in [0.25, 0.3) is 5.91 Å². The number of amides is 5. The van der Waals surface area contributed by atoms with E-state index in [2.05, 4.69) is 16.0 Å². The zero-order valence-corrected chi connectivity index (χ0v) is 28.9. The third kappa shape index (κ3) is 8.84. The third-order valence-electron chi connectivity index (χ3n) is 10.9. The molecule has 3 saturated carbocycles. The molecule has 0 spiro atoms. The highest BCUT2D eigenvalue weighted by Crippen LogP contribution is 2.44. The quantitative estimate of drug-likeness (QED) is 0.224. The number of primary amides is 1. The molecular formula is C33H53N5O8S. The van der Waals surface area contributed by atoms with Crippen molar-refractivity contribution in [2.24, 2.45) is 23.5 Å². The molecule has 0 aromatic heterocycles. The number of Topliss-reactive ketones (excluding diaryl/α,β-unsaturated/α-hetero) is 1. The first-order valence-electron chi connectivity index (χ1n) is 17.5. The topological polar surface area (TPSA) is 194 Å². The standard InChI is InChI=1S/C33H53N5O8S/c1-32(2)17-22-24(46-32)18-38(26(22)29(41)35-23(16-20-12-13-20)27(39)28(34)40)30(42)25(21-10-6-4-7-11-21)36-31(43)37-33(19-47(3,44)45)14-8-5-9-15-33/h20-26H,4-19H2,1-3H3,(H2,34,40)(H,35,41)(H2,36,37,43)/t22-,23?,24-,25-,26-/m0/s1. The van der Waals surface area contributed by atoms with Gasteiger partial charge in [-0.05, 0) is 64.2 Å². The molecule has 0 aromatic rings. The van der Waals surface area contributed by atoms with Crippen LogP contribution in [0.4, 0.5) is 4.79 Å². The van der Waals surface area contributed by atoms with E-state index >= 15 is 0 Å². The fraction of sp³-hybridized carbons (Fsp3) is 0.848. The van der Waals surface area contributed by atoms with Crippen LogP contribution in [0.5, 0.6) is 0 Å². The van der Waals surface area contributed by atoms with Crippen molar-refractivity contribution in [3.63, 3.8) is 0 Å². The summed E-state index contributed by atoms with van der Waals surface area (Å²) in [5.41, 5.74) is 3.90. The highest BCUT2D eigenvalue weighted by molar-refractivity contribution is 7.90. The minimum atomic E-state index is -3.40. The SMILES string of the molecule is CC1(C)C[C@H]2[C@H](CN(C(=O)[C@@H](NC(=O)NC3(CS(C)(=O)=O)CCCCC3)C3CCCCC3)[C@@H]2C(=O)NC(CC2CC2)C(=O)C(N)=O)O1. The van der Waals surface area contributed by atoms with E-state index < -0.39 is 74.7 Å². The zero-order valence-electron chi connectivity index (χ0n) is 28.1. The smallest absolute Gasteiger partial charge is 0.315 e. The van der Waals surface area contributed by atoms with Crippen molar-refractivity contribution in [1.29, 1.82) is 0 Å². The van der Waals surface area contributed by atoms with Gasteiger partial charge in [0.15, 0.2) is 0 Å². The highest BCUT2D eigenvalue weighted by Gasteiger charge is 2.56. The van der Waals surface area contributed by atoms with Crippen LogP contribution in [-0.2, 0) is 33.8 Å². The Hall–Kier alpha value is -2.74. The Morgan fingerprint density at radius 3 is 2.17 bits per heavy atom. The van der Waals surface area contributed by atoms with Crippen molar-refractivity contribution in [3.8, 4) is 0 Å². The number of hydrogen-bond acceptors (Lipinski definition) is 8. The summed E-state index contributed by atoms with van der Waals surface area (Å²) in [6.45, 7) is 4.02. The zero-order chi connectivity index (χ0) is 34.1. The first-order chi connectivity index (χ1) is 22.1. The highest BCUT2D eigenvalue weighted by atomic mass is 32.2. The van der Waals surface area contributed by atoms with E-state index in [0.29, 0.717) is 25.7 Å². The van der Waals surface area contributed by atoms with E-state index in [9.17, 15) is 32.4 Å². The lowest BCUT2D eigenvalue weighted by molar-refractivity contribution is -0.144. The number of rotatable bonds is 12. The summed E-state index contributed by atoms with van der Waals surface area (Å²) in [5, 5.41) is 8.70. The summed E-state index contributed by atoms with van der Waals surface area (Å²) < 4.78 is 31.0. The second-order valence-corrected chi connectivity index (χ2v) is 17.7. The Morgan fingerprint density at radius 1 is 0.936 bits per heavy atom. The van der Waals surface area contributed by atoms with Crippen LogP contribution in [0.1, 0.15) is 104 Å². The molecule has 264 valence electrons. The Labute approximate surface area is 278 Å². The first-order valence-corrected chi connectivity index (χ1v) is 19.5. The van der Waals surface area contributed by atoms with E-state index in [4.69, 9.17) is 10.5 Å². The van der Waals surface area contributed by atoms with Crippen LogP contribution < -0.4 is 21.7 Å². The van der Waals surface area contributed by atoms with Crippen LogP contribution >= 0.6 is 0 Å². The molecule has 5 atom stereocenters. The maximum atomic E-state index is 14.6. The van der Waals surface area contributed by atoms with Gasteiger partial charge in [0, 0.05) is 18.7 Å². The number of nitrogens with zero attached hydrogens (tertiary/aromatic N) is 1. The third-order valence-corrected chi connectivity index (χ3v) is 12.0. The maximum Gasteiger partial charge on any atom is 0.315 e. The molecule has 5 fully saturated rings. The lowest BCUT2D eigenvalue weighted by atomic mass is 9.82. The number of sulfone groups is 1. The monoisotopic (exact) mass is 679 g/mol. The molecule has 5 amide bonds. The number of nitrogens with one attached hydrogen (secondary N) is 3. The van der Waals surface area contributed by atoms with Crippen molar-refractivity contribution in [3.05, 3.63) is 0 Å². The van der Waals surface area contributed by atoms with Crippen molar-refractivity contribution < 1.29 is 37.1 Å². The number of hydrogen-bond donors (Lipinski definition) is 4. The fourth-order valence-electron chi connectivity index (χ4n) is 8.66. The lowest BCUT2D eigenvalue weighted by Crippen LogP contribution is -2.62. The minimum absolute atomic E-state index is 0.145.